The zero-order chi connectivity index (χ0) is 14.4. The van der Waals surface area contributed by atoms with E-state index < -0.39 is 15.8 Å². The minimum atomic E-state index is -0.985. The monoisotopic (exact) mass is 334 g/mol. The average molecular weight is 333 g/mol. The van der Waals surface area contributed by atoms with Crippen molar-refractivity contribution < 1.29 is 19.0 Å². The minimum absolute atomic E-state index is 0.128. The molecule has 0 spiro atoms. The maximum absolute atomic E-state index is 12.2. The van der Waals surface area contributed by atoms with Crippen molar-refractivity contribution in [3.8, 4) is 0 Å². The summed E-state index contributed by atoms with van der Waals surface area (Å²) in [4.78, 5) is 17.7. The van der Waals surface area contributed by atoms with Crippen LogP contribution in [0.2, 0.25) is 0 Å². The summed E-state index contributed by atoms with van der Waals surface area (Å²) in [6, 6.07) is 10.7. The Kier molecular flexibility index (Phi) is 5.25. The Hall–Kier alpha value is -1.74. The Morgan fingerprint density at radius 1 is 1.30 bits per heavy atom. The molecule has 2 radical (unpaired) electrons. The zero-order valence-corrected chi connectivity index (χ0v) is 12.8. The Labute approximate surface area is 122 Å². The van der Waals surface area contributed by atoms with Gasteiger partial charge in [0.2, 0.25) is 0 Å². The third kappa shape index (κ3) is 3.64. The molecule has 0 aliphatic carbocycles. The number of benzene rings is 1. The van der Waals surface area contributed by atoms with Crippen molar-refractivity contribution in [1.82, 2.24) is 4.98 Å². The number of aromatic nitrogens is 1. The molecular formula is C13H12GeN2O4. The van der Waals surface area contributed by atoms with Gasteiger partial charge in [0.15, 0.2) is 0 Å². The molecule has 0 fully saturated rings. The van der Waals surface area contributed by atoms with Gasteiger partial charge in [-0.2, -0.15) is 0 Å². The summed E-state index contributed by atoms with van der Waals surface area (Å²) in [7, 11) is 1.70. The molecule has 102 valence electrons. The first-order valence-electron chi connectivity index (χ1n) is 5.73. The van der Waals surface area contributed by atoms with Gasteiger partial charge in [0.25, 0.3) is 0 Å². The molecule has 0 aliphatic rings. The van der Waals surface area contributed by atoms with E-state index in [9.17, 15) is 4.79 Å². The number of carbonyl (C=O) groups is 1. The van der Waals surface area contributed by atoms with Gasteiger partial charge in [0, 0.05) is 0 Å². The van der Waals surface area contributed by atoms with Crippen LogP contribution in [0.3, 0.4) is 0 Å². The van der Waals surface area contributed by atoms with Crippen LogP contribution in [0, 0.1) is 0 Å². The number of pyridine rings is 1. The van der Waals surface area contributed by atoms with Gasteiger partial charge in [-0.1, -0.05) is 0 Å². The molecule has 0 saturated heterocycles. The zero-order valence-electron chi connectivity index (χ0n) is 10.7. The van der Waals surface area contributed by atoms with Gasteiger partial charge in [-0.15, -0.1) is 0 Å². The van der Waals surface area contributed by atoms with Crippen molar-refractivity contribution in [2.24, 2.45) is 0 Å². The van der Waals surface area contributed by atoms with Gasteiger partial charge in [0.05, 0.1) is 0 Å². The van der Waals surface area contributed by atoms with Crippen LogP contribution in [0.25, 0.3) is 0 Å². The molecule has 1 amide bonds. The summed E-state index contributed by atoms with van der Waals surface area (Å²) < 4.78 is 5.46. The van der Waals surface area contributed by atoms with E-state index in [4.69, 9.17) is 5.26 Å². The van der Waals surface area contributed by atoms with Gasteiger partial charge in [-0.25, -0.2) is 0 Å². The molecule has 1 N–H and O–H groups in total. The van der Waals surface area contributed by atoms with Crippen molar-refractivity contribution in [3.05, 3.63) is 54.4 Å². The van der Waals surface area contributed by atoms with E-state index >= 15 is 0 Å². The van der Waals surface area contributed by atoms with Crippen molar-refractivity contribution in [3.63, 3.8) is 0 Å². The molecule has 20 heavy (non-hydrogen) atoms. The number of amides is 1. The second kappa shape index (κ2) is 7.15. The molecular weight excluding hydrogens is 321 g/mol. The normalized spacial score (nSPS) is 10.3. The fourth-order valence-electron chi connectivity index (χ4n) is 1.62. The van der Waals surface area contributed by atoms with E-state index in [-0.39, 0.29) is 5.91 Å². The molecule has 2 rings (SSSR count). The van der Waals surface area contributed by atoms with E-state index in [0.717, 1.165) is 10.1 Å². The molecule has 1 aromatic heterocycles. The topological polar surface area (TPSA) is 71.9 Å². The number of rotatable bonds is 5. The number of hydrogen-bond acceptors (Lipinski definition) is 5. The van der Waals surface area contributed by atoms with Gasteiger partial charge < -0.3 is 0 Å². The van der Waals surface area contributed by atoms with Crippen LogP contribution < -0.4 is 9.30 Å². The van der Waals surface area contributed by atoms with Crippen LogP contribution >= 0.6 is 0 Å². The second-order valence-corrected chi connectivity index (χ2v) is 5.90. The third-order valence-electron chi connectivity index (χ3n) is 2.66. The molecule has 1 aromatic carbocycles. The van der Waals surface area contributed by atoms with Gasteiger partial charge in [0.1, 0.15) is 0 Å². The van der Waals surface area contributed by atoms with E-state index in [0.29, 0.717) is 5.56 Å². The second-order valence-electron chi connectivity index (χ2n) is 3.91. The number of hydrogen-bond donors (Lipinski definition) is 1. The van der Waals surface area contributed by atoms with E-state index in [2.05, 4.69) is 13.9 Å². The fourth-order valence-corrected chi connectivity index (χ4v) is 2.54. The van der Waals surface area contributed by atoms with E-state index in [1.54, 1.807) is 30.3 Å². The summed E-state index contributed by atoms with van der Waals surface area (Å²) in [5, 5.41) is 11.7. The summed E-state index contributed by atoms with van der Waals surface area (Å²) in [6.45, 7) is 0. The Morgan fingerprint density at radius 3 is 2.65 bits per heavy atom. The molecule has 7 heteroatoms. The third-order valence-corrected chi connectivity index (χ3v) is 4.19. The molecule has 6 nitrogen and oxygen atoms in total. The molecule has 1 heterocycles. The van der Waals surface area contributed by atoms with Crippen LogP contribution in [-0.4, -0.2) is 39.0 Å². The van der Waals surface area contributed by atoms with Crippen LogP contribution in [0.4, 0.5) is 5.69 Å². The summed E-state index contributed by atoms with van der Waals surface area (Å²) in [5.41, 5.74) is 1.30. The number of carbonyl (C=O) groups excluding carboxylic acids is 1. The molecule has 0 unspecified atom stereocenters. The maximum atomic E-state index is 12.2. The van der Waals surface area contributed by atoms with Gasteiger partial charge >= 0.3 is 122 Å². The summed E-state index contributed by atoms with van der Waals surface area (Å²) >= 11 is -0.985. The fraction of sp³-hybridized carbons (Fsp3) is 0.0769. The standard InChI is InChI=1S/C13H12GeN2O4/c1-16(13(17)10-3-2-8-15-9-10)12-6-4-11(5-7-12)14-19-20-18/h2-9,18H,1H3. The summed E-state index contributed by atoms with van der Waals surface area (Å²) in [6.07, 6.45) is 3.16. The van der Waals surface area contributed by atoms with Crippen molar-refractivity contribution in [1.29, 1.82) is 0 Å². The van der Waals surface area contributed by atoms with Gasteiger partial charge in [-0.05, 0) is 0 Å². The van der Waals surface area contributed by atoms with E-state index in [1.165, 1.54) is 6.20 Å². The Morgan fingerprint density at radius 2 is 2.05 bits per heavy atom. The van der Waals surface area contributed by atoms with Gasteiger partial charge in [-0.3, -0.25) is 0 Å². The van der Waals surface area contributed by atoms with Crippen molar-refractivity contribution in [2.75, 3.05) is 11.9 Å². The van der Waals surface area contributed by atoms with E-state index in [1.807, 2.05) is 24.3 Å². The first kappa shape index (κ1) is 14.7. The number of nitrogens with zero attached hydrogens (tertiary/aromatic N) is 2. The first-order chi connectivity index (χ1) is 9.72. The molecule has 0 saturated carbocycles. The van der Waals surface area contributed by atoms with Crippen LogP contribution in [0.1, 0.15) is 10.4 Å². The average Bonchev–Trinajstić information content (AvgIpc) is 2.53. The van der Waals surface area contributed by atoms with Crippen LogP contribution in [0.5, 0.6) is 0 Å². The predicted molar refractivity (Wildman–Crippen MR) is 73.6 cm³/mol. The van der Waals surface area contributed by atoms with Crippen LogP contribution in [-0.2, 0) is 8.95 Å². The Balaban J connectivity index is 2.09. The molecule has 0 bridgehead atoms. The Bertz CT molecular complexity index is 562. The predicted octanol–water partition coefficient (Wildman–Crippen LogP) is 1.02. The molecule has 2 aromatic rings. The summed E-state index contributed by atoms with van der Waals surface area (Å²) in [5.74, 6) is -0.128. The quantitative estimate of drug-likeness (QED) is 0.503. The first-order valence-corrected chi connectivity index (χ1v) is 7.64. The van der Waals surface area contributed by atoms with Crippen LogP contribution in [0.15, 0.2) is 48.8 Å². The SMILES string of the molecule is CN(C(=O)c1cccnc1)c1cc[c]([Ge][O]OO)cc1. The van der Waals surface area contributed by atoms with Crippen molar-refractivity contribution >= 4 is 31.8 Å². The molecule has 0 atom stereocenters. The molecule has 0 aliphatic heterocycles. The van der Waals surface area contributed by atoms with Crippen molar-refractivity contribution in [2.45, 2.75) is 0 Å². The number of anilines is 1.